The Labute approximate surface area is 183 Å². The van der Waals surface area contributed by atoms with Gasteiger partial charge in [0.05, 0.1) is 23.2 Å². The number of benzene rings is 1. The number of aromatic nitrogens is 2. The second-order valence-corrected chi connectivity index (χ2v) is 10.8. The average molecular weight is 418 g/mol. The lowest BCUT2D eigenvalue weighted by Gasteiger charge is -2.56. The van der Waals surface area contributed by atoms with Crippen molar-refractivity contribution in [1.82, 2.24) is 14.9 Å². The van der Waals surface area contributed by atoms with Gasteiger partial charge in [0.2, 0.25) is 5.91 Å². The molecule has 1 aromatic heterocycles. The Bertz CT molecular complexity index is 1050. The zero-order chi connectivity index (χ0) is 21.2. The van der Waals surface area contributed by atoms with E-state index in [9.17, 15) is 9.59 Å². The number of amides is 1. The highest BCUT2D eigenvalue weighted by atomic mass is 16.2. The molecule has 0 unspecified atom stereocenters. The molecule has 4 fully saturated rings. The molecule has 162 valence electrons. The van der Waals surface area contributed by atoms with Gasteiger partial charge < -0.3 is 9.88 Å². The lowest BCUT2D eigenvalue weighted by Crippen LogP contribution is -2.55. The van der Waals surface area contributed by atoms with Gasteiger partial charge in [0, 0.05) is 19.4 Å². The lowest BCUT2D eigenvalue weighted by atomic mass is 9.49. The summed E-state index contributed by atoms with van der Waals surface area (Å²) >= 11 is 0. The van der Waals surface area contributed by atoms with Gasteiger partial charge in [-0.2, -0.15) is 0 Å². The van der Waals surface area contributed by atoms with Crippen LogP contribution in [0, 0.1) is 30.1 Å². The molecule has 0 radical (unpaired) electrons. The molecule has 5 aliphatic rings. The van der Waals surface area contributed by atoms with Crippen LogP contribution in [-0.2, 0) is 24.2 Å². The first-order valence-electron chi connectivity index (χ1n) is 11.9. The van der Waals surface area contributed by atoms with E-state index in [4.69, 9.17) is 4.98 Å². The summed E-state index contributed by atoms with van der Waals surface area (Å²) in [6.45, 7) is 3.18. The van der Waals surface area contributed by atoms with Crippen molar-refractivity contribution in [2.24, 2.45) is 23.2 Å². The van der Waals surface area contributed by atoms with E-state index in [1.807, 2.05) is 4.90 Å². The SMILES string of the molecule is Cc1ccc(Cc2nc3c(c(=O)[nH]2)CN(C(=O)C24CC5CC(CC(C5)C2)C4)CC3)cc1. The van der Waals surface area contributed by atoms with E-state index in [2.05, 4.69) is 36.2 Å². The van der Waals surface area contributed by atoms with Crippen molar-refractivity contribution in [3.8, 4) is 0 Å². The molecular weight excluding hydrogens is 386 g/mol. The van der Waals surface area contributed by atoms with Gasteiger partial charge >= 0.3 is 0 Å². The van der Waals surface area contributed by atoms with Crippen molar-refractivity contribution in [3.63, 3.8) is 0 Å². The lowest BCUT2D eigenvalue weighted by molar-refractivity contribution is -0.158. The maximum Gasteiger partial charge on any atom is 0.256 e. The van der Waals surface area contributed by atoms with Gasteiger partial charge in [-0.25, -0.2) is 4.98 Å². The maximum absolute atomic E-state index is 13.7. The molecule has 7 rings (SSSR count). The van der Waals surface area contributed by atoms with Gasteiger partial charge in [-0.3, -0.25) is 9.59 Å². The predicted molar refractivity (Wildman–Crippen MR) is 119 cm³/mol. The zero-order valence-corrected chi connectivity index (χ0v) is 18.3. The first-order valence-corrected chi connectivity index (χ1v) is 11.9. The van der Waals surface area contributed by atoms with Crippen molar-refractivity contribution in [1.29, 1.82) is 0 Å². The first-order chi connectivity index (χ1) is 15.0. The molecule has 0 spiro atoms. The van der Waals surface area contributed by atoms with Crippen molar-refractivity contribution in [3.05, 3.63) is 62.8 Å². The second kappa shape index (κ2) is 7.04. The molecular formula is C26H31N3O2. The Morgan fingerprint density at radius 3 is 2.39 bits per heavy atom. The largest absolute Gasteiger partial charge is 0.337 e. The Kier molecular flexibility index (Phi) is 4.38. The summed E-state index contributed by atoms with van der Waals surface area (Å²) in [4.78, 5) is 36.4. The van der Waals surface area contributed by atoms with E-state index in [0.29, 0.717) is 43.2 Å². The van der Waals surface area contributed by atoms with Crippen molar-refractivity contribution in [2.45, 2.75) is 64.8 Å². The Morgan fingerprint density at radius 1 is 1.10 bits per heavy atom. The molecule has 4 bridgehead atoms. The summed E-state index contributed by atoms with van der Waals surface area (Å²) in [6, 6.07) is 8.33. The molecule has 2 aromatic rings. The van der Waals surface area contributed by atoms with Gasteiger partial charge in [0.25, 0.3) is 5.56 Å². The summed E-state index contributed by atoms with van der Waals surface area (Å²) in [5.74, 6) is 3.29. The average Bonchev–Trinajstić information content (AvgIpc) is 2.74. The summed E-state index contributed by atoms with van der Waals surface area (Å²) < 4.78 is 0. The number of aromatic amines is 1. The fourth-order valence-corrected chi connectivity index (χ4v) is 7.34. The van der Waals surface area contributed by atoms with Crippen LogP contribution >= 0.6 is 0 Å². The zero-order valence-electron chi connectivity index (χ0n) is 18.3. The molecule has 1 N–H and O–H groups in total. The highest BCUT2D eigenvalue weighted by Gasteiger charge is 2.55. The van der Waals surface area contributed by atoms with Crippen molar-refractivity contribution >= 4 is 5.91 Å². The van der Waals surface area contributed by atoms with Crippen LogP contribution in [0.5, 0.6) is 0 Å². The minimum Gasteiger partial charge on any atom is -0.337 e. The molecule has 0 saturated heterocycles. The van der Waals surface area contributed by atoms with Gasteiger partial charge in [-0.15, -0.1) is 0 Å². The molecule has 5 nitrogen and oxygen atoms in total. The number of nitrogens with one attached hydrogen (secondary N) is 1. The van der Waals surface area contributed by atoms with Crippen LogP contribution in [0.2, 0.25) is 0 Å². The minimum atomic E-state index is -0.141. The number of H-pyrrole nitrogens is 1. The standard InChI is InChI=1S/C26H31N3O2/c1-16-2-4-17(5-3-16)11-23-27-22-6-7-29(15-21(22)24(30)28-23)25(31)26-12-18-8-19(13-26)10-20(9-18)14-26/h2-5,18-20H,6-15H2,1H3,(H,27,28,30). The molecule has 2 heterocycles. The third-order valence-corrected chi connectivity index (χ3v) is 8.39. The number of carbonyl (C=O) groups excluding carboxylic acids is 1. The number of carbonyl (C=O) groups is 1. The Hall–Kier alpha value is -2.43. The normalized spacial score (nSPS) is 31.0. The third-order valence-electron chi connectivity index (χ3n) is 8.39. The smallest absolute Gasteiger partial charge is 0.256 e. The number of hydrogen-bond donors (Lipinski definition) is 1. The fraction of sp³-hybridized carbons (Fsp3) is 0.577. The molecule has 4 aliphatic carbocycles. The maximum atomic E-state index is 13.7. The topological polar surface area (TPSA) is 66.1 Å². The first kappa shape index (κ1) is 19.3. The van der Waals surface area contributed by atoms with E-state index in [0.717, 1.165) is 48.3 Å². The summed E-state index contributed by atoms with van der Waals surface area (Å²) in [5, 5.41) is 0. The van der Waals surface area contributed by atoms with Crippen LogP contribution in [0.15, 0.2) is 29.1 Å². The number of hydrogen-bond acceptors (Lipinski definition) is 3. The number of fused-ring (bicyclic) bond motifs is 1. The van der Waals surface area contributed by atoms with Gasteiger partial charge in [-0.1, -0.05) is 29.8 Å². The van der Waals surface area contributed by atoms with Crippen LogP contribution in [-0.4, -0.2) is 27.3 Å². The van der Waals surface area contributed by atoms with Crippen molar-refractivity contribution < 1.29 is 4.79 Å². The van der Waals surface area contributed by atoms with Crippen LogP contribution < -0.4 is 5.56 Å². The number of rotatable bonds is 3. The van der Waals surface area contributed by atoms with E-state index in [-0.39, 0.29) is 11.0 Å². The fourth-order valence-electron chi connectivity index (χ4n) is 7.34. The second-order valence-electron chi connectivity index (χ2n) is 10.8. The van der Waals surface area contributed by atoms with Crippen LogP contribution in [0.1, 0.15) is 66.7 Å². The summed E-state index contributed by atoms with van der Waals surface area (Å²) in [7, 11) is 0. The summed E-state index contributed by atoms with van der Waals surface area (Å²) in [6.07, 6.45) is 8.53. The van der Waals surface area contributed by atoms with Crippen LogP contribution in [0.3, 0.4) is 0 Å². The van der Waals surface area contributed by atoms with Crippen LogP contribution in [0.4, 0.5) is 0 Å². The molecule has 1 amide bonds. The highest BCUT2D eigenvalue weighted by molar-refractivity contribution is 5.83. The Balaban J connectivity index is 1.22. The molecule has 1 aliphatic heterocycles. The van der Waals surface area contributed by atoms with E-state index in [1.165, 1.54) is 24.8 Å². The van der Waals surface area contributed by atoms with Gasteiger partial charge in [0.15, 0.2) is 0 Å². The monoisotopic (exact) mass is 417 g/mol. The van der Waals surface area contributed by atoms with Gasteiger partial charge in [0.1, 0.15) is 5.82 Å². The number of aryl methyl sites for hydroxylation is 1. The minimum absolute atomic E-state index is 0.0740. The Morgan fingerprint density at radius 2 is 1.74 bits per heavy atom. The summed E-state index contributed by atoms with van der Waals surface area (Å²) in [5.41, 5.74) is 3.72. The van der Waals surface area contributed by atoms with E-state index < -0.39 is 0 Å². The molecule has 31 heavy (non-hydrogen) atoms. The number of nitrogens with zero attached hydrogens (tertiary/aromatic N) is 2. The molecule has 5 heteroatoms. The molecule has 0 atom stereocenters. The van der Waals surface area contributed by atoms with E-state index in [1.54, 1.807) is 0 Å². The third kappa shape index (κ3) is 3.33. The van der Waals surface area contributed by atoms with Crippen LogP contribution in [0.25, 0.3) is 0 Å². The quantitative estimate of drug-likeness (QED) is 0.827. The van der Waals surface area contributed by atoms with Gasteiger partial charge in [-0.05, 0) is 68.8 Å². The van der Waals surface area contributed by atoms with E-state index >= 15 is 0 Å². The predicted octanol–water partition coefficient (Wildman–Crippen LogP) is 3.77. The van der Waals surface area contributed by atoms with Crippen molar-refractivity contribution in [2.75, 3.05) is 6.54 Å². The molecule has 4 saturated carbocycles. The molecule has 1 aromatic carbocycles. The highest BCUT2D eigenvalue weighted by Crippen LogP contribution is 2.60.